The van der Waals surface area contributed by atoms with Crippen molar-refractivity contribution in [2.45, 2.75) is 44.6 Å². The Bertz CT molecular complexity index is 281. The molecular formula is C15H29N3O. The van der Waals surface area contributed by atoms with E-state index in [4.69, 9.17) is 0 Å². The first-order valence-electron chi connectivity index (χ1n) is 7.81. The zero-order valence-corrected chi connectivity index (χ0v) is 12.5. The minimum atomic E-state index is 0.391. The molecule has 2 rings (SSSR count). The van der Waals surface area contributed by atoms with Crippen molar-refractivity contribution in [3.63, 3.8) is 0 Å². The molecule has 19 heavy (non-hydrogen) atoms. The minimum absolute atomic E-state index is 0.391. The van der Waals surface area contributed by atoms with Crippen molar-refractivity contribution >= 4 is 5.91 Å². The normalized spacial score (nSPS) is 24.3. The van der Waals surface area contributed by atoms with Gasteiger partial charge in [0.05, 0.1) is 0 Å². The first kappa shape index (κ1) is 14.8. The van der Waals surface area contributed by atoms with E-state index in [9.17, 15) is 4.79 Å². The van der Waals surface area contributed by atoms with E-state index in [1.807, 2.05) is 0 Å². The Balaban J connectivity index is 1.88. The quantitative estimate of drug-likeness (QED) is 0.788. The van der Waals surface area contributed by atoms with E-state index in [2.05, 4.69) is 29.2 Å². The summed E-state index contributed by atoms with van der Waals surface area (Å²) in [5.74, 6) is 0.957. The molecule has 0 bridgehead atoms. The third-order valence-electron chi connectivity index (χ3n) is 4.50. The number of hydrogen-bond donors (Lipinski definition) is 1. The maximum absolute atomic E-state index is 12.6. The van der Waals surface area contributed by atoms with Crippen LogP contribution in [-0.2, 0) is 4.79 Å². The molecule has 1 aliphatic heterocycles. The Morgan fingerprint density at radius 3 is 2.47 bits per heavy atom. The Labute approximate surface area is 117 Å². The zero-order chi connectivity index (χ0) is 13.7. The summed E-state index contributed by atoms with van der Waals surface area (Å²) in [6.45, 7) is 3.98. The third kappa shape index (κ3) is 4.46. The largest absolute Gasteiger partial charge is 0.338 e. The second kappa shape index (κ2) is 7.25. The van der Waals surface area contributed by atoms with Crippen LogP contribution in [0.25, 0.3) is 0 Å². The summed E-state index contributed by atoms with van der Waals surface area (Å²) in [5.41, 5.74) is 0. The first-order chi connectivity index (χ1) is 9.16. The Morgan fingerprint density at radius 1 is 1.16 bits per heavy atom. The van der Waals surface area contributed by atoms with Crippen molar-refractivity contribution < 1.29 is 4.79 Å². The number of rotatable bonds is 6. The number of nitrogens with zero attached hydrogens (tertiary/aromatic N) is 2. The van der Waals surface area contributed by atoms with Crippen molar-refractivity contribution in [2.75, 3.05) is 40.3 Å². The molecule has 1 heterocycles. The molecule has 110 valence electrons. The number of nitrogens with one attached hydrogen (secondary N) is 1. The van der Waals surface area contributed by atoms with Crippen LogP contribution in [0.15, 0.2) is 0 Å². The highest BCUT2D eigenvalue weighted by Gasteiger charge is 2.28. The van der Waals surface area contributed by atoms with Gasteiger partial charge in [-0.1, -0.05) is 12.8 Å². The molecular weight excluding hydrogens is 238 g/mol. The standard InChI is InChI=1S/C15H29N3O/c1-17(2)9-10-18(14-5-3-4-6-14)15(19)11-13-7-8-16-12-13/h13-14,16H,3-12H2,1-2H3. The number of likely N-dealkylation sites (N-methyl/N-ethyl adjacent to an activating group) is 1. The zero-order valence-electron chi connectivity index (χ0n) is 12.5. The second-order valence-electron chi connectivity index (χ2n) is 6.39. The highest BCUT2D eigenvalue weighted by atomic mass is 16.2. The fourth-order valence-electron chi connectivity index (χ4n) is 3.29. The molecule has 4 heteroatoms. The second-order valence-corrected chi connectivity index (χ2v) is 6.39. The molecule has 0 aromatic carbocycles. The molecule has 1 atom stereocenters. The van der Waals surface area contributed by atoms with Gasteiger partial charge in [0.1, 0.15) is 0 Å². The monoisotopic (exact) mass is 267 g/mol. The molecule has 0 aromatic rings. The van der Waals surface area contributed by atoms with Crippen LogP contribution in [-0.4, -0.2) is 62.0 Å². The lowest BCUT2D eigenvalue weighted by Gasteiger charge is -2.31. The van der Waals surface area contributed by atoms with Gasteiger partial charge in [0.2, 0.25) is 5.91 Å². The summed E-state index contributed by atoms with van der Waals surface area (Å²) < 4.78 is 0. The van der Waals surface area contributed by atoms with Crippen LogP contribution in [0.4, 0.5) is 0 Å². The molecule has 2 aliphatic rings. The fourth-order valence-corrected chi connectivity index (χ4v) is 3.29. The van der Waals surface area contributed by atoms with Crippen molar-refractivity contribution in [1.82, 2.24) is 15.1 Å². The van der Waals surface area contributed by atoms with E-state index in [0.717, 1.165) is 39.0 Å². The summed E-state index contributed by atoms with van der Waals surface area (Å²) in [5, 5.41) is 3.36. The molecule has 1 N–H and O–H groups in total. The van der Waals surface area contributed by atoms with Crippen molar-refractivity contribution in [2.24, 2.45) is 5.92 Å². The number of amides is 1. The summed E-state index contributed by atoms with van der Waals surface area (Å²) in [4.78, 5) is 16.9. The maximum Gasteiger partial charge on any atom is 0.223 e. The fraction of sp³-hybridized carbons (Fsp3) is 0.933. The molecule has 1 aliphatic carbocycles. The molecule has 0 spiro atoms. The smallest absolute Gasteiger partial charge is 0.223 e. The van der Waals surface area contributed by atoms with E-state index >= 15 is 0 Å². The van der Waals surface area contributed by atoms with Crippen LogP contribution >= 0.6 is 0 Å². The van der Waals surface area contributed by atoms with Crippen molar-refractivity contribution in [3.05, 3.63) is 0 Å². The lowest BCUT2D eigenvalue weighted by Crippen LogP contribution is -2.43. The van der Waals surface area contributed by atoms with Gasteiger partial charge in [0.25, 0.3) is 0 Å². The molecule has 2 fully saturated rings. The van der Waals surface area contributed by atoms with Gasteiger partial charge in [-0.15, -0.1) is 0 Å². The number of carbonyl (C=O) groups is 1. The Kier molecular flexibility index (Phi) is 5.64. The number of hydrogen-bond acceptors (Lipinski definition) is 3. The first-order valence-corrected chi connectivity index (χ1v) is 7.81. The lowest BCUT2D eigenvalue weighted by molar-refractivity contribution is -0.134. The van der Waals surface area contributed by atoms with E-state index in [-0.39, 0.29) is 0 Å². The molecule has 4 nitrogen and oxygen atoms in total. The Morgan fingerprint density at radius 2 is 1.89 bits per heavy atom. The summed E-state index contributed by atoms with van der Waals surface area (Å²) >= 11 is 0. The van der Waals surface area contributed by atoms with Gasteiger partial charge in [-0.3, -0.25) is 4.79 Å². The van der Waals surface area contributed by atoms with Gasteiger partial charge in [0, 0.05) is 25.6 Å². The van der Waals surface area contributed by atoms with Gasteiger partial charge in [-0.05, 0) is 52.4 Å². The predicted molar refractivity (Wildman–Crippen MR) is 78.1 cm³/mol. The molecule has 1 saturated heterocycles. The highest BCUT2D eigenvalue weighted by Crippen LogP contribution is 2.25. The van der Waals surface area contributed by atoms with Crippen LogP contribution < -0.4 is 5.32 Å². The molecule has 0 aromatic heterocycles. The van der Waals surface area contributed by atoms with Gasteiger partial charge >= 0.3 is 0 Å². The van der Waals surface area contributed by atoms with Gasteiger partial charge < -0.3 is 15.1 Å². The van der Waals surface area contributed by atoms with Crippen molar-refractivity contribution in [1.29, 1.82) is 0 Å². The average Bonchev–Trinajstić information content (AvgIpc) is 3.01. The van der Waals surface area contributed by atoms with Crippen LogP contribution in [0, 0.1) is 5.92 Å². The third-order valence-corrected chi connectivity index (χ3v) is 4.50. The van der Waals surface area contributed by atoms with E-state index in [1.165, 1.54) is 25.7 Å². The molecule has 1 saturated carbocycles. The maximum atomic E-state index is 12.6. The minimum Gasteiger partial charge on any atom is -0.338 e. The molecule has 1 unspecified atom stereocenters. The molecule has 0 radical (unpaired) electrons. The van der Waals surface area contributed by atoms with Crippen LogP contribution in [0.2, 0.25) is 0 Å². The van der Waals surface area contributed by atoms with E-state index in [0.29, 0.717) is 17.9 Å². The molecule has 1 amide bonds. The van der Waals surface area contributed by atoms with Gasteiger partial charge in [0.15, 0.2) is 0 Å². The van der Waals surface area contributed by atoms with Crippen molar-refractivity contribution in [3.8, 4) is 0 Å². The van der Waals surface area contributed by atoms with Gasteiger partial charge in [-0.25, -0.2) is 0 Å². The summed E-state index contributed by atoms with van der Waals surface area (Å²) in [6, 6.07) is 0.516. The summed E-state index contributed by atoms with van der Waals surface area (Å²) in [7, 11) is 4.16. The van der Waals surface area contributed by atoms with Gasteiger partial charge in [-0.2, -0.15) is 0 Å². The topological polar surface area (TPSA) is 35.6 Å². The highest BCUT2D eigenvalue weighted by molar-refractivity contribution is 5.77. The van der Waals surface area contributed by atoms with Crippen LogP contribution in [0.5, 0.6) is 0 Å². The SMILES string of the molecule is CN(C)CCN(C(=O)CC1CCNC1)C1CCCC1. The van der Waals surface area contributed by atoms with E-state index < -0.39 is 0 Å². The predicted octanol–water partition coefficient (Wildman–Crippen LogP) is 1.32. The van der Waals surface area contributed by atoms with Crippen LogP contribution in [0.3, 0.4) is 0 Å². The Hall–Kier alpha value is -0.610. The van der Waals surface area contributed by atoms with Crippen LogP contribution in [0.1, 0.15) is 38.5 Å². The lowest BCUT2D eigenvalue weighted by atomic mass is 10.0. The number of carbonyl (C=O) groups excluding carboxylic acids is 1. The van der Waals surface area contributed by atoms with E-state index in [1.54, 1.807) is 0 Å². The summed E-state index contributed by atoms with van der Waals surface area (Å²) in [6.07, 6.45) is 6.92. The average molecular weight is 267 g/mol.